The largest absolute Gasteiger partial charge is 0.444 e. The lowest BCUT2D eigenvalue weighted by atomic mass is 10.0. The van der Waals surface area contributed by atoms with Crippen molar-refractivity contribution in [2.45, 2.75) is 51.4 Å². The van der Waals surface area contributed by atoms with Gasteiger partial charge in [-0.05, 0) is 32.8 Å². The molecule has 1 aromatic carbocycles. The Kier molecular flexibility index (Phi) is 5.83. The summed E-state index contributed by atoms with van der Waals surface area (Å²) in [6.07, 6.45) is -0.334. The number of aliphatic hydroxyl groups excluding tert-OH is 1. The zero-order valence-corrected chi connectivity index (χ0v) is 14.5. The van der Waals surface area contributed by atoms with Gasteiger partial charge in [-0.3, -0.25) is 4.79 Å². The number of alkyl carbamates (subject to hydrolysis) is 1. The molecule has 0 aliphatic carbocycles. The summed E-state index contributed by atoms with van der Waals surface area (Å²) in [5.74, 6) is -0.0866. The van der Waals surface area contributed by atoms with E-state index in [0.29, 0.717) is 13.0 Å². The summed E-state index contributed by atoms with van der Waals surface area (Å²) in [5.41, 5.74) is 0.452. The van der Waals surface area contributed by atoms with Gasteiger partial charge in [0.1, 0.15) is 5.60 Å². The first-order valence-corrected chi connectivity index (χ1v) is 8.25. The van der Waals surface area contributed by atoms with Crippen LogP contribution < -0.4 is 5.32 Å². The Morgan fingerprint density at radius 2 is 1.96 bits per heavy atom. The monoisotopic (exact) mass is 334 g/mol. The molecule has 0 bridgehead atoms. The molecule has 2 amide bonds. The van der Waals surface area contributed by atoms with E-state index in [2.05, 4.69) is 5.32 Å². The van der Waals surface area contributed by atoms with Gasteiger partial charge in [-0.1, -0.05) is 30.3 Å². The van der Waals surface area contributed by atoms with Crippen LogP contribution in [0.25, 0.3) is 0 Å². The molecule has 2 N–H and O–H groups in total. The average molecular weight is 334 g/mol. The summed E-state index contributed by atoms with van der Waals surface area (Å²) in [5, 5.41) is 12.5. The highest BCUT2D eigenvalue weighted by Crippen LogP contribution is 2.32. The van der Waals surface area contributed by atoms with Crippen molar-refractivity contribution in [3.8, 4) is 0 Å². The number of carbonyl (C=O) groups excluding carboxylic acids is 2. The number of nitrogens with one attached hydrogen (secondary N) is 1. The van der Waals surface area contributed by atoms with Gasteiger partial charge in [0.15, 0.2) is 0 Å². The van der Waals surface area contributed by atoms with Crippen molar-refractivity contribution >= 4 is 12.0 Å². The molecule has 6 heteroatoms. The second-order valence-corrected chi connectivity index (χ2v) is 7.04. The predicted octanol–water partition coefficient (Wildman–Crippen LogP) is 2.24. The molecule has 1 aliphatic heterocycles. The molecule has 0 spiro atoms. The first kappa shape index (κ1) is 18.3. The Morgan fingerprint density at radius 1 is 1.29 bits per heavy atom. The van der Waals surface area contributed by atoms with Gasteiger partial charge in [-0.15, -0.1) is 0 Å². The highest BCUT2D eigenvalue weighted by Gasteiger charge is 2.34. The van der Waals surface area contributed by atoms with Gasteiger partial charge < -0.3 is 20.1 Å². The van der Waals surface area contributed by atoms with E-state index < -0.39 is 17.8 Å². The fraction of sp³-hybridized carbons (Fsp3) is 0.556. The Morgan fingerprint density at radius 3 is 2.58 bits per heavy atom. The molecule has 24 heavy (non-hydrogen) atoms. The maximum Gasteiger partial charge on any atom is 0.407 e. The number of hydrogen-bond donors (Lipinski definition) is 2. The third kappa shape index (κ3) is 5.23. The van der Waals surface area contributed by atoms with Crippen LogP contribution in [0.2, 0.25) is 0 Å². The van der Waals surface area contributed by atoms with E-state index in [1.54, 1.807) is 25.7 Å². The van der Waals surface area contributed by atoms with Crippen LogP contribution in [0.4, 0.5) is 4.79 Å². The van der Waals surface area contributed by atoms with Gasteiger partial charge in [-0.2, -0.15) is 0 Å². The number of likely N-dealkylation sites (tertiary alicyclic amines) is 1. The van der Waals surface area contributed by atoms with Crippen LogP contribution in [-0.2, 0) is 9.53 Å². The molecule has 1 aromatic rings. The van der Waals surface area contributed by atoms with Gasteiger partial charge in [-0.25, -0.2) is 4.79 Å². The van der Waals surface area contributed by atoms with Crippen LogP contribution in [0.15, 0.2) is 30.3 Å². The van der Waals surface area contributed by atoms with E-state index in [4.69, 9.17) is 4.74 Å². The lowest BCUT2D eigenvalue weighted by Gasteiger charge is -2.25. The van der Waals surface area contributed by atoms with E-state index >= 15 is 0 Å². The number of hydrogen-bond acceptors (Lipinski definition) is 4. The molecule has 2 atom stereocenters. The molecular weight excluding hydrogens is 308 g/mol. The van der Waals surface area contributed by atoms with Gasteiger partial charge in [0.05, 0.1) is 12.1 Å². The third-order valence-corrected chi connectivity index (χ3v) is 3.79. The summed E-state index contributed by atoms with van der Waals surface area (Å²) >= 11 is 0. The number of benzene rings is 1. The fourth-order valence-electron chi connectivity index (χ4n) is 2.81. The number of ether oxygens (including phenoxy) is 1. The highest BCUT2D eigenvalue weighted by molar-refractivity contribution is 5.78. The van der Waals surface area contributed by atoms with Crippen LogP contribution in [0.5, 0.6) is 0 Å². The maximum atomic E-state index is 12.5. The van der Waals surface area contributed by atoms with E-state index in [1.807, 2.05) is 30.3 Å². The molecule has 1 heterocycles. The van der Waals surface area contributed by atoms with E-state index in [9.17, 15) is 14.7 Å². The minimum Gasteiger partial charge on any atom is -0.444 e. The summed E-state index contributed by atoms with van der Waals surface area (Å²) in [7, 11) is 0. The first-order valence-electron chi connectivity index (χ1n) is 8.25. The maximum absolute atomic E-state index is 12.5. The minimum atomic E-state index is -0.564. The van der Waals surface area contributed by atoms with Gasteiger partial charge >= 0.3 is 6.09 Å². The van der Waals surface area contributed by atoms with Crippen molar-refractivity contribution in [2.75, 3.05) is 13.1 Å². The lowest BCUT2D eigenvalue weighted by molar-refractivity contribution is -0.132. The molecular formula is C18H26N2O4. The summed E-state index contributed by atoms with van der Waals surface area (Å²) in [6.45, 7) is 5.89. The van der Waals surface area contributed by atoms with Crippen molar-refractivity contribution in [1.82, 2.24) is 10.2 Å². The molecule has 0 radical (unpaired) electrons. The van der Waals surface area contributed by atoms with Crippen molar-refractivity contribution in [1.29, 1.82) is 0 Å². The molecule has 1 fully saturated rings. The average Bonchev–Trinajstić information content (AvgIpc) is 2.88. The summed E-state index contributed by atoms with van der Waals surface area (Å²) in [6, 6.07) is 9.57. The van der Waals surface area contributed by atoms with E-state index in [-0.39, 0.29) is 24.9 Å². The number of β-amino-alcohol motifs (C(OH)–C–C–N with tert-alkyl or cyclic N) is 1. The SMILES string of the molecule is CC(C)(C)OC(=O)NCCC(=O)N1C[C@H](O)C[C@@H]1c1ccccc1. The van der Waals surface area contributed by atoms with Crippen molar-refractivity contribution in [3.63, 3.8) is 0 Å². The zero-order valence-electron chi connectivity index (χ0n) is 14.5. The minimum absolute atomic E-state index is 0.0866. The van der Waals surface area contributed by atoms with E-state index in [1.165, 1.54) is 0 Å². The van der Waals surface area contributed by atoms with Crippen molar-refractivity contribution in [3.05, 3.63) is 35.9 Å². The molecule has 0 unspecified atom stereocenters. The van der Waals surface area contributed by atoms with Gasteiger partial charge in [0, 0.05) is 19.5 Å². The van der Waals surface area contributed by atoms with Crippen molar-refractivity contribution < 1.29 is 19.4 Å². The van der Waals surface area contributed by atoms with Crippen LogP contribution in [0.1, 0.15) is 45.2 Å². The van der Waals surface area contributed by atoms with Crippen molar-refractivity contribution in [2.24, 2.45) is 0 Å². The van der Waals surface area contributed by atoms with E-state index in [0.717, 1.165) is 5.56 Å². The van der Waals surface area contributed by atoms with Gasteiger partial charge in [0.25, 0.3) is 0 Å². The Balaban J connectivity index is 1.88. The molecule has 0 aromatic heterocycles. The fourth-order valence-corrected chi connectivity index (χ4v) is 2.81. The topological polar surface area (TPSA) is 78.9 Å². The summed E-state index contributed by atoms with van der Waals surface area (Å²) in [4.78, 5) is 25.8. The molecule has 132 valence electrons. The Bertz CT molecular complexity index is 568. The molecule has 6 nitrogen and oxygen atoms in total. The van der Waals surface area contributed by atoms with Crippen LogP contribution >= 0.6 is 0 Å². The van der Waals surface area contributed by atoms with Crippen LogP contribution in [0, 0.1) is 0 Å². The number of aliphatic hydroxyl groups is 1. The number of carbonyl (C=O) groups is 2. The predicted molar refractivity (Wildman–Crippen MR) is 90.4 cm³/mol. The van der Waals surface area contributed by atoms with Crippen LogP contribution in [-0.4, -0.2) is 46.8 Å². The molecule has 2 rings (SSSR count). The summed E-state index contributed by atoms with van der Waals surface area (Å²) < 4.78 is 5.14. The smallest absolute Gasteiger partial charge is 0.407 e. The molecule has 1 aliphatic rings. The second-order valence-electron chi connectivity index (χ2n) is 7.04. The molecule has 0 saturated carbocycles. The number of amides is 2. The zero-order chi connectivity index (χ0) is 17.7. The first-order chi connectivity index (χ1) is 11.3. The quantitative estimate of drug-likeness (QED) is 0.885. The lowest BCUT2D eigenvalue weighted by Crippen LogP contribution is -2.37. The Hall–Kier alpha value is -2.08. The number of rotatable bonds is 4. The highest BCUT2D eigenvalue weighted by atomic mass is 16.6. The molecule has 1 saturated heterocycles. The standard InChI is InChI=1S/C18H26N2O4/c1-18(2,3)24-17(23)19-10-9-16(22)20-12-14(21)11-15(20)13-7-5-4-6-8-13/h4-8,14-15,21H,9-12H2,1-3H3,(H,19,23)/t14-,15-/m1/s1. The normalized spacial score (nSPS) is 20.8. The second kappa shape index (κ2) is 7.66. The number of nitrogens with zero attached hydrogens (tertiary/aromatic N) is 1. The third-order valence-electron chi connectivity index (χ3n) is 3.79. The van der Waals surface area contributed by atoms with Gasteiger partial charge in [0.2, 0.25) is 5.91 Å². The van der Waals surface area contributed by atoms with Crippen LogP contribution in [0.3, 0.4) is 0 Å². The Labute approximate surface area is 142 Å².